The maximum absolute atomic E-state index is 12.7. The van der Waals surface area contributed by atoms with Crippen LogP contribution in [0.25, 0.3) is 0 Å². The largest absolute Gasteiger partial charge is 0.480 e. The summed E-state index contributed by atoms with van der Waals surface area (Å²) in [6.45, 7) is 2.89. The fourth-order valence-corrected chi connectivity index (χ4v) is 2.40. The van der Waals surface area contributed by atoms with E-state index in [1.807, 2.05) is 0 Å². The number of carbonyl (C=O) groups excluding carboxylic acids is 4. The minimum Gasteiger partial charge on any atom is -0.480 e. The molecule has 0 saturated heterocycles. The van der Waals surface area contributed by atoms with Gasteiger partial charge in [0, 0.05) is 6.54 Å². The molecule has 0 radical (unpaired) electrons. The number of primary amides is 1. The van der Waals surface area contributed by atoms with Crippen LogP contribution in [0.5, 0.6) is 0 Å². The van der Waals surface area contributed by atoms with Crippen LogP contribution in [0.4, 0.5) is 0 Å². The number of aliphatic imine (C=N–C) groups is 1. The Morgan fingerprint density at radius 1 is 0.968 bits per heavy atom. The first-order valence-corrected chi connectivity index (χ1v) is 9.54. The Labute approximate surface area is 179 Å². The highest BCUT2D eigenvalue weighted by atomic mass is 16.4. The molecule has 0 aromatic heterocycles. The third-order valence-electron chi connectivity index (χ3n) is 4.00. The van der Waals surface area contributed by atoms with Crippen LogP contribution in [-0.2, 0) is 24.0 Å². The molecule has 3 unspecified atom stereocenters. The van der Waals surface area contributed by atoms with Crippen molar-refractivity contribution in [1.29, 1.82) is 0 Å². The first-order valence-electron chi connectivity index (χ1n) is 9.54. The molecule has 0 spiro atoms. The predicted octanol–water partition coefficient (Wildman–Crippen LogP) is -3.93. The monoisotopic (exact) mass is 444 g/mol. The Hall–Kier alpha value is -3.42. The lowest BCUT2D eigenvalue weighted by Crippen LogP contribution is -2.58. The van der Waals surface area contributed by atoms with Gasteiger partial charge in [-0.15, -0.1) is 0 Å². The second-order valence-corrected chi connectivity index (χ2v) is 7.13. The van der Waals surface area contributed by atoms with Gasteiger partial charge in [-0.3, -0.25) is 29.0 Å². The van der Waals surface area contributed by atoms with Crippen molar-refractivity contribution in [2.24, 2.45) is 33.8 Å². The van der Waals surface area contributed by atoms with Crippen molar-refractivity contribution in [1.82, 2.24) is 16.0 Å². The SMILES string of the molecule is CC(C)C(NC(=O)C(N)CCCN=C(N)N)C(=O)NC(CC(N)=O)C(=O)NCC(=O)O. The molecule has 4 amide bonds. The lowest BCUT2D eigenvalue weighted by Gasteiger charge is -2.26. The van der Waals surface area contributed by atoms with Crippen molar-refractivity contribution in [2.45, 2.75) is 51.2 Å². The summed E-state index contributed by atoms with van der Waals surface area (Å²) in [6.07, 6.45) is 0.146. The molecule has 14 heteroatoms. The summed E-state index contributed by atoms with van der Waals surface area (Å²) in [5.74, 6) is -4.92. The van der Waals surface area contributed by atoms with Crippen LogP contribution < -0.4 is 38.9 Å². The van der Waals surface area contributed by atoms with Gasteiger partial charge in [0.1, 0.15) is 18.6 Å². The fourth-order valence-electron chi connectivity index (χ4n) is 2.40. The molecular weight excluding hydrogens is 412 g/mol. The van der Waals surface area contributed by atoms with E-state index in [0.717, 1.165) is 0 Å². The van der Waals surface area contributed by atoms with Gasteiger partial charge in [-0.1, -0.05) is 13.8 Å². The van der Waals surface area contributed by atoms with E-state index in [1.54, 1.807) is 13.8 Å². The molecule has 3 atom stereocenters. The van der Waals surface area contributed by atoms with Crippen LogP contribution in [0.15, 0.2) is 4.99 Å². The van der Waals surface area contributed by atoms with Crippen LogP contribution in [-0.4, -0.2) is 71.9 Å². The average Bonchev–Trinajstić information content (AvgIpc) is 2.65. The van der Waals surface area contributed by atoms with Crippen LogP contribution >= 0.6 is 0 Å². The van der Waals surface area contributed by atoms with Gasteiger partial charge in [-0.25, -0.2) is 0 Å². The number of nitrogens with one attached hydrogen (secondary N) is 3. The van der Waals surface area contributed by atoms with E-state index in [-0.39, 0.29) is 18.9 Å². The van der Waals surface area contributed by atoms with Crippen molar-refractivity contribution < 1.29 is 29.1 Å². The maximum atomic E-state index is 12.7. The topological polar surface area (TPSA) is 258 Å². The van der Waals surface area contributed by atoms with Crippen molar-refractivity contribution in [3.63, 3.8) is 0 Å². The van der Waals surface area contributed by atoms with Crippen molar-refractivity contribution >= 4 is 35.6 Å². The van der Waals surface area contributed by atoms with Gasteiger partial charge in [0.15, 0.2) is 5.96 Å². The van der Waals surface area contributed by atoms with Crippen LogP contribution in [0.1, 0.15) is 33.1 Å². The second kappa shape index (κ2) is 13.7. The molecular formula is C17H32N8O6. The molecule has 14 nitrogen and oxygen atoms in total. The quantitative estimate of drug-likeness (QED) is 0.0737. The lowest BCUT2D eigenvalue weighted by atomic mass is 10.0. The van der Waals surface area contributed by atoms with Crippen LogP contribution in [0.2, 0.25) is 0 Å². The predicted molar refractivity (Wildman–Crippen MR) is 111 cm³/mol. The molecule has 31 heavy (non-hydrogen) atoms. The minimum atomic E-state index is -1.41. The van der Waals surface area contributed by atoms with Crippen LogP contribution in [0.3, 0.4) is 0 Å². The number of amides is 4. The smallest absolute Gasteiger partial charge is 0.322 e. The van der Waals surface area contributed by atoms with E-state index in [2.05, 4.69) is 20.9 Å². The Kier molecular flexibility index (Phi) is 12.2. The molecule has 0 aliphatic carbocycles. The third kappa shape index (κ3) is 12.0. The summed E-state index contributed by atoms with van der Waals surface area (Å²) in [4.78, 5) is 62.7. The number of carboxylic acid groups (broad SMARTS) is 1. The zero-order valence-corrected chi connectivity index (χ0v) is 17.6. The van der Waals surface area contributed by atoms with Crippen molar-refractivity contribution in [3.05, 3.63) is 0 Å². The number of hydrogen-bond donors (Lipinski definition) is 8. The Morgan fingerprint density at radius 2 is 1.58 bits per heavy atom. The third-order valence-corrected chi connectivity index (χ3v) is 4.00. The average molecular weight is 444 g/mol. The number of carboxylic acids is 1. The number of guanidine groups is 1. The summed E-state index contributed by atoms with van der Waals surface area (Å²) in [6, 6.07) is -3.40. The van der Waals surface area contributed by atoms with Gasteiger partial charge in [-0.05, 0) is 18.8 Å². The zero-order chi connectivity index (χ0) is 24.1. The summed E-state index contributed by atoms with van der Waals surface area (Å²) in [7, 11) is 0. The number of carbonyl (C=O) groups is 5. The van der Waals surface area contributed by atoms with Gasteiger partial charge in [0.25, 0.3) is 0 Å². The van der Waals surface area contributed by atoms with E-state index in [1.165, 1.54) is 0 Å². The number of nitrogens with two attached hydrogens (primary N) is 4. The highest BCUT2D eigenvalue weighted by Crippen LogP contribution is 2.05. The molecule has 0 aromatic carbocycles. The summed E-state index contributed by atoms with van der Waals surface area (Å²) in [5, 5.41) is 15.5. The molecule has 12 N–H and O–H groups in total. The van der Waals surface area contributed by atoms with E-state index in [0.29, 0.717) is 6.42 Å². The maximum Gasteiger partial charge on any atom is 0.322 e. The van der Waals surface area contributed by atoms with Gasteiger partial charge in [0.2, 0.25) is 23.6 Å². The van der Waals surface area contributed by atoms with Crippen LogP contribution in [0, 0.1) is 5.92 Å². The second-order valence-electron chi connectivity index (χ2n) is 7.13. The molecule has 0 saturated carbocycles. The van der Waals surface area contributed by atoms with E-state index >= 15 is 0 Å². The standard InChI is InChI=1S/C17H32N8O6/c1-8(2)13(25-14(29)9(18)4-3-5-22-17(20)21)16(31)24-10(6-11(19)26)15(30)23-7-12(27)28/h8-10,13H,3-7,18H2,1-2H3,(H2,19,26)(H,23,30)(H,24,31)(H,25,29)(H,27,28)(H4,20,21,22). The molecule has 0 heterocycles. The lowest BCUT2D eigenvalue weighted by molar-refractivity contribution is -0.139. The van der Waals surface area contributed by atoms with Gasteiger partial charge in [0.05, 0.1) is 12.5 Å². The summed E-state index contributed by atoms with van der Waals surface area (Å²) < 4.78 is 0. The Balaban J connectivity index is 5.06. The molecule has 0 aliphatic heterocycles. The summed E-state index contributed by atoms with van der Waals surface area (Å²) in [5.41, 5.74) is 21.4. The number of nitrogens with zero attached hydrogens (tertiary/aromatic N) is 1. The molecule has 0 aromatic rings. The van der Waals surface area contributed by atoms with Crippen molar-refractivity contribution in [2.75, 3.05) is 13.1 Å². The number of hydrogen-bond acceptors (Lipinski definition) is 7. The van der Waals surface area contributed by atoms with E-state index in [4.69, 9.17) is 28.0 Å². The fraction of sp³-hybridized carbons (Fsp3) is 0.647. The molecule has 0 rings (SSSR count). The number of aliphatic carboxylic acids is 1. The molecule has 0 fully saturated rings. The number of rotatable bonds is 14. The minimum absolute atomic E-state index is 0.0764. The first-order chi connectivity index (χ1) is 14.3. The Bertz CT molecular complexity index is 692. The molecule has 0 bridgehead atoms. The zero-order valence-electron chi connectivity index (χ0n) is 17.6. The molecule has 176 valence electrons. The van der Waals surface area contributed by atoms with E-state index in [9.17, 15) is 24.0 Å². The van der Waals surface area contributed by atoms with Gasteiger partial charge < -0.3 is 44.0 Å². The highest BCUT2D eigenvalue weighted by molar-refractivity contribution is 5.95. The molecule has 0 aliphatic rings. The normalized spacial score (nSPS) is 13.4. The highest BCUT2D eigenvalue weighted by Gasteiger charge is 2.30. The Morgan fingerprint density at radius 3 is 2.06 bits per heavy atom. The van der Waals surface area contributed by atoms with Gasteiger partial charge in [-0.2, -0.15) is 0 Å². The summed E-state index contributed by atoms with van der Waals surface area (Å²) >= 11 is 0. The van der Waals surface area contributed by atoms with Crippen molar-refractivity contribution in [3.8, 4) is 0 Å². The van der Waals surface area contributed by atoms with E-state index < -0.39 is 66.6 Å². The first kappa shape index (κ1) is 27.6. The van der Waals surface area contributed by atoms with Gasteiger partial charge >= 0.3 is 5.97 Å².